The molecule has 2 rings (SSSR count). The Morgan fingerprint density at radius 1 is 1.65 bits per heavy atom. The van der Waals surface area contributed by atoms with Crippen LogP contribution in [0.4, 0.5) is 0 Å². The van der Waals surface area contributed by atoms with E-state index in [9.17, 15) is 4.79 Å². The Bertz CT molecular complexity index is 513. The predicted molar refractivity (Wildman–Crippen MR) is 80.8 cm³/mol. The van der Waals surface area contributed by atoms with Gasteiger partial charge in [0.1, 0.15) is 0 Å². The van der Waals surface area contributed by atoms with E-state index in [0.29, 0.717) is 25.3 Å². The molecule has 2 N–H and O–H groups in total. The van der Waals surface area contributed by atoms with Gasteiger partial charge in [-0.1, -0.05) is 11.8 Å². The molecule has 108 valence electrons. The van der Waals surface area contributed by atoms with E-state index in [1.807, 2.05) is 23.3 Å². The van der Waals surface area contributed by atoms with Crippen molar-refractivity contribution in [3.05, 3.63) is 21.9 Å². The van der Waals surface area contributed by atoms with Gasteiger partial charge in [-0.3, -0.25) is 4.79 Å². The Balaban J connectivity index is 2.01. The van der Waals surface area contributed by atoms with Crippen LogP contribution in [0.3, 0.4) is 0 Å². The summed E-state index contributed by atoms with van der Waals surface area (Å²) in [6.07, 6.45) is 2.21. The average Bonchev–Trinajstić information content (AvgIpc) is 2.94. The number of carbonyl (C=O) groups is 1. The van der Waals surface area contributed by atoms with Crippen LogP contribution in [0.5, 0.6) is 0 Å². The average molecular weight is 292 g/mol. The molecule has 1 aliphatic rings. The Hall–Kier alpha value is -1.35. The third-order valence-electron chi connectivity index (χ3n) is 3.23. The summed E-state index contributed by atoms with van der Waals surface area (Å²) in [5, 5.41) is 1.87. The highest BCUT2D eigenvalue weighted by molar-refractivity contribution is 7.10. The number of rotatable bonds is 3. The first-order valence-electron chi connectivity index (χ1n) is 6.93. The molecule has 2 heterocycles. The molecule has 1 aromatic rings. The quantitative estimate of drug-likeness (QED) is 0.863. The van der Waals surface area contributed by atoms with E-state index in [1.54, 1.807) is 0 Å². The molecule has 5 heteroatoms. The lowest BCUT2D eigenvalue weighted by atomic mass is 10.1. The molecule has 0 aromatic carbocycles. The smallest absolute Gasteiger partial charge is 0.254 e. The van der Waals surface area contributed by atoms with Gasteiger partial charge in [0.2, 0.25) is 0 Å². The van der Waals surface area contributed by atoms with Crippen molar-refractivity contribution in [2.24, 2.45) is 5.73 Å². The SMILES string of the molecule is CCOC1CCCN(C(=O)c2csc(C#CCN)c2)C1. The van der Waals surface area contributed by atoms with Gasteiger partial charge < -0.3 is 15.4 Å². The fraction of sp³-hybridized carbons (Fsp3) is 0.533. The van der Waals surface area contributed by atoms with E-state index in [-0.39, 0.29) is 12.0 Å². The van der Waals surface area contributed by atoms with Gasteiger partial charge in [-0.25, -0.2) is 0 Å². The highest BCUT2D eigenvalue weighted by atomic mass is 32.1. The van der Waals surface area contributed by atoms with Gasteiger partial charge in [-0.15, -0.1) is 11.3 Å². The molecular weight excluding hydrogens is 272 g/mol. The standard InChI is InChI=1S/C15H20N2O2S/c1-2-19-13-5-4-8-17(10-13)15(18)12-9-14(20-11-12)6-3-7-16/h9,11,13H,2,4-5,7-8,10,16H2,1H3. The lowest BCUT2D eigenvalue weighted by molar-refractivity contribution is 0.00726. The van der Waals surface area contributed by atoms with Crippen molar-refractivity contribution in [2.45, 2.75) is 25.9 Å². The monoisotopic (exact) mass is 292 g/mol. The fourth-order valence-corrected chi connectivity index (χ4v) is 3.08. The number of thiophene rings is 1. The van der Waals surface area contributed by atoms with Crippen molar-refractivity contribution in [2.75, 3.05) is 26.2 Å². The molecular formula is C15H20N2O2S. The van der Waals surface area contributed by atoms with E-state index >= 15 is 0 Å². The number of nitrogens with zero attached hydrogens (tertiary/aromatic N) is 1. The fourth-order valence-electron chi connectivity index (χ4n) is 2.33. The van der Waals surface area contributed by atoms with Gasteiger partial charge in [0, 0.05) is 25.1 Å². The number of hydrogen-bond donors (Lipinski definition) is 1. The Labute approximate surface area is 123 Å². The van der Waals surface area contributed by atoms with Crippen LogP contribution in [0.15, 0.2) is 11.4 Å². The maximum atomic E-state index is 12.4. The molecule has 0 aliphatic carbocycles. The molecule has 20 heavy (non-hydrogen) atoms. The van der Waals surface area contributed by atoms with Crippen LogP contribution in [-0.4, -0.2) is 43.2 Å². The van der Waals surface area contributed by atoms with Crippen molar-refractivity contribution in [1.82, 2.24) is 4.90 Å². The molecule has 0 saturated carbocycles. The van der Waals surface area contributed by atoms with Gasteiger partial charge in [0.05, 0.1) is 23.1 Å². The first kappa shape index (κ1) is 15.0. The second kappa shape index (κ2) is 7.44. The van der Waals surface area contributed by atoms with Crippen molar-refractivity contribution in [3.63, 3.8) is 0 Å². The van der Waals surface area contributed by atoms with E-state index in [4.69, 9.17) is 10.5 Å². The maximum Gasteiger partial charge on any atom is 0.254 e. The van der Waals surface area contributed by atoms with Gasteiger partial charge >= 0.3 is 0 Å². The summed E-state index contributed by atoms with van der Waals surface area (Å²) in [6, 6.07) is 1.85. The van der Waals surface area contributed by atoms with E-state index < -0.39 is 0 Å². The Morgan fingerprint density at radius 3 is 3.25 bits per heavy atom. The number of likely N-dealkylation sites (tertiary alicyclic amines) is 1. The van der Waals surface area contributed by atoms with Crippen LogP contribution >= 0.6 is 11.3 Å². The number of carbonyl (C=O) groups excluding carboxylic acids is 1. The zero-order chi connectivity index (χ0) is 14.4. The lowest BCUT2D eigenvalue weighted by Crippen LogP contribution is -2.43. The second-order valence-electron chi connectivity index (χ2n) is 4.68. The molecule has 1 saturated heterocycles. The van der Waals surface area contributed by atoms with Crippen molar-refractivity contribution >= 4 is 17.2 Å². The van der Waals surface area contributed by atoms with Gasteiger partial charge in [-0.05, 0) is 25.8 Å². The summed E-state index contributed by atoms with van der Waals surface area (Å²) in [5.41, 5.74) is 6.06. The highest BCUT2D eigenvalue weighted by Gasteiger charge is 2.25. The van der Waals surface area contributed by atoms with Crippen LogP contribution in [0.25, 0.3) is 0 Å². The van der Waals surface area contributed by atoms with Crippen LogP contribution < -0.4 is 5.73 Å². The summed E-state index contributed by atoms with van der Waals surface area (Å²) >= 11 is 1.48. The first-order valence-corrected chi connectivity index (χ1v) is 7.81. The molecule has 1 aromatic heterocycles. The molecule has 0 radical (unpaired) electrons. The minimum atomic E-state index is 0.0754. The highest BCUT2D eigenvalue weighted by Crippen LogP contribution is 2.19. The first-order chi connectivity index (χ1) is 9.74. The molecule has 1 aliphatic heterocycles. The Kier molecular flexibility index (Phi) is 5.60. The van der Waals surface area contributed by atoms with Gasteiger partial charge in [0.25, 0.3) is 5.91 Å². The number of piperidine rings is 1. The molecule has 4 nitrogen and oxygen atoms in total. The summed E-state index contributed by atoms with van der Waals surface area (Å²) in [6.45, 7) is 4.52. The topological polar surface area (TPSA) is 55.6 Å². The molecule has 1 unspecified atom stereocenters. The van der Waals surface area contributed by atoms with Crippen LogP contribution in [0, 0.1) is 11.8 Å². The van der Waals surface area contributed by atoms with Gasteiger partial charge in [-0.2, -0.15) is 0 Å². The van der Waals surface area contributed by atoms with Crippen LogP contribution in [0.1, 0.15) is 35.0 Å². The minimum absolute atomic E-state index is 0.0754. The maximum absolute atomic E-state index is 12.4. The second-order valence-corrected chi connectivity index (χ2v) is 5.59. The van der Waals surface area contributed by atoms with E-state index in [0.717, 1.165) is 24.3 Å². The normalized spacial score (nSPS) is 18.5. The third kappa shape index (κ3) is 3.83. The molecule has 0 bridgehead atoms. The van der Waals surface area contributed by atoms with Gasteiger partial charge in [0.15, 0.2) is 0 Å². The number of nitrogens with two attached hydrogens (primary N) is 1. The largest absolute Gasteiger partial charge is 0.377 e. The summed E-state index contributed by atoms with van der Waals surface area (Å²) < 4.78 is 5.63. The molecule has 0 spiro atoms. The summed E-state index contributed by atoms with van der Waals surface area (Å²) in [5.74, 6) is 5.84. The number of ether oxygens (including phenoxy) is 1. The van der Waals surface area contributed by atoms with E-state index in [1.165, 1.54) is 11.3 Å². The third-order valence-corrected chi connectivity index (χ3v) is 4.07. The molecule has 1 fully saturated rings. The Morgan fingerprint density at radius 2 is 2.50 bits per heavy atom. The lowest BCUT2D eigenvalue weighted by Gasteiger charge is -2.32. The zero-order valence-electron chi connectivity index (χ0n) is 11.7. The summed E-state index contributed by atoms with van der Waals surface area (Å²) in [4.78, 5) is 15.2. The predicted octanol–water partition coefficient (Wildman–Crippen LogP) is 1.70. The van der Waals surface area contributed by atoms with Crippen molar-refractivity contribution in [3.8, 4) is 11.8 Å². The number of amides is 1. The number of hydrogen-bond acceptors (Lipinski definition) is 4. The zero-order valence-corrected chi connectivity index (χ0v) is 12.5. The van der Waals surface area contributed by atoms with E-state index in [2.05, 4.69) is 11.8 Å². The van der Waals surface area contributed by atoms with Crippen LogP contribution in [0.2, 0.25) is 0 Å². The van der Waals surface area contributed by atoms with Crippen molar-refractivity contribution < 1.29 is 9.53 Å². The minimum Gasteiger partial charge on any atom is -0.377 e. The summed E-state index contributed by atoms with van der Waals surface area (Å²) in [7, 11) is 0. The molecule has 1 atom stereocenters. The van der Waals surface area contributed by atoms with Crippen LogP contribution in [-0.2, 0) is 4.74 Å². The molecule has 1 amide bonds. The van der Waals surface area contributed by atoms with Crippen molar-refractivity contribution in [1.29, 1.82) is 0 Å².